The molecule has 0 spiro atoms. The highest BCUT2D eigenvalue weighted by Gasteiger charge is 2.42. The second-order valence-corrected chi connectivity index (χ2v) is 14.2. The van der Waals surface area contributed by atoms with E-state index in [4.69, 9.17) is 14.6 Å². The SMILES string of the molecule is CC(C)(CCNC(=O)CCCC[C@@H]1SC[C@@H]2NC(=O)N[C@@H]21)OCCC(C)(C)C(=O)NCCNC(=O)c1cccc(OCC(=O)O)c1. The first-order valence-electron chi connectivity index (χ1n) is 15.9. The lowest BCUT2D eigenvalue weighted by molar-refractivity contribution is -0.139. The number of fused-ring (bicyclic) bond motifs is 1. The van der Waals surface area contributed by atoms with Crippen molar-refractivity contribution < 1.29 is 38.6 Å². The number of carbonyl (C=O) groups is 5. The molecule has 2 aliphatic rings. The molecule has 3 rings (SSSR count). The third kappa shape index (κ3) is 12.3. The van der Waals surface area contributed by atoms with Crippen LogP contribution in [0.2, 0.25) is 0 Å². The van der Waals surface area contributed by atoms with Gasteiger partial charge in [-0.3, -0.25) is 14.4 Å². The van der Waals surface area contributed by atoms with Gasteiger partial charge in [0.05, 0.1) is 17.7 Å². The standard InChI is InChI=1S/C32H49N5O8S/c1-31(2,29(42)35-16-15-34-28(41)21-8-7-9-22(18-21)44-19-26(39)40)13-17-45-32(3,4)12-14-33-25(38)11-6-5-10-24-27-23(20-46-24)36-30(43)37-27/h7-9,18,23-24,27H,5-6,10-17,19-20H2,1-4H3,(H,33,38)(H,34,41)(H,35,42)(H,39,40)(H2,36,37,43)/t23-,24-,27-/m0/s1. The molecule has 13 nitrogen and oxygen atoms in total. The molecule has 14 heteroatoms. The minimum Gasteiger partial charge on any atom is -0.482 e. The van der Waals surface area contributed by atoms with Crippen molar-refractivity contribution in [2.45, 2.75) is 89.2 Å². The second-order valence-electron chi connectivity index (χ2n) is 12.9. The molecule has 2 aliphatic heterocycles. The Morgan fingerprint density at radius 3 is 2.52 bits per heavy atom. The van der Waals surface area contributed by atoms with Crippen molar-refractivity contribution in [3.8, 4) is 5.75 Å². The highest BCUT2D eigenvalue weighted by molar-refractivity contribution is 8.00. The zero-order valence-corrected chi connectivity index (χ0v) is 28.1. The summed E-state index contributed by atoms with van der Waals surface area (Å²) in [5.41, 5.74) is -0.848. The lowest BCUT2D eigenvalue weighted by atomic mass is 9.88. The number of hydrogen-bond acceptors (Lipinski definition) is 8. The number of urea groups is 1. The van der Waals surface area contributed by atoms with Gasteiger partial charge in [0.25, 0.3) is 5.91 Å². The van der Waals surface area contributed by atoms with Crippen molar-refractivity contribution in [1.29, 1.82) is 0 Å². The van der Waals surface area contributed by atoms with Crippen LogP contribution in [-0.2, 0) is 19.1 Å². The first-order valence-corrected chi connectivity index (χ1v) is 16.9. The number of aliphatic carboxylic acids is 1. The molecule has 3 atom stereocenters. The molecule has 2 saturated heterocycles. The highest BCUT2D eigenvalue weighted by atomic mass is 32.2. The number of ether oxygens (including phenoxy) is 2. The normalized spacial score (nSPS) is 19.0. The van der Waals surface area contributed by atoms with Crippen molar-refractivity contribution in [3.05, 3.63) is 29.8 Å². The zero-order chi connectivity index (χ0) is 33.7. The number of unbranched alkanes of at least 4 members (excludes halogenated alkanes) is 1. The van der Waals surface area contributed by atoms with E-state index in [-0.39, 0.29) is 54.7 Å². The van der Waals surface area contributed by atoms with Gasteiger partial charge in [0.2, 0.25) is 11.8 Å². The summed E-state index contributed by atoms with van der Waals surface area (Å²) in [7, 11) is 0. The summed E-state index contributed by atoms with van der Waals surface area (Å²) in [6, 6.07) is 6.55. The minimum absolute atomic E-state index is 0.0239. The lowest BCUT2D eigenvalue weighted by Gasteiger charge is -2.29. The number of nitrogens with one attached hydrogen (secondary N) is 5. The summed E-state index contributed by atoms with van der Waals surface area (Å²) in [5.74, 6) is -0.393. The van der Waals surface area contributed by atoms with Crippen LogP contribution in [0.15, 0.2) is 24.3 Å². The van der Waals surface area contributed by atoms with E-state index in [1.807, 2.05) is 39.5 Å². The average Bonchev–Trinajstić information content (AvgIpc) is 3.55. The van der Waals surface area contributed by atoms with Crippen LogP contribution in [0.3, 0.4) is 0 Å². The summed E-state index contributed by atoms with van der Waals surface area (Å²) in [5, 5.41) is 23.6. The Balaban J connectivity index is 1.23. The predicted octanol–water partition coefficient (Wildman–Crippen LogP) is 2.44. The van der Waals surface area contributed by atoms with E-state index in [2.05, 4.69) is 26.6 Å². The van der Waals surface area contributed by atoms with Gasteiger partial charge in [-0.1, -0.05) is 26.3 Å². The van der Waals surface area contributed by atoms with Gasteiger partial charge in [-0.2, -0.15) is 11.8 Å². The quantitative estimate of drug-likeness (QED) is 0.0901. The maximum atomic E-state index is 12.8. The van der Waals surface area contributed by atoms with Gasteiger partial charge in [-0.15, -0.1) is 0 Å². The van der Waals surface area contributed by atoms with Crippen molar-refractivity contribution in [1.82, 2.24) is 26.6 Å². The molecule has 46 heavy (non-hydrogen) atoms. The Hall–Kier alpha value is -3.52. The maximum Gasteiger partial charge on any atom is 0.341 e. The van der Waals surface area contributed by atoms with Crippen molar-refractivity contribution >= 4 is 41.5 Å². The Bertz CT molecular complexity index is 1230. The van der Waals surface area contributed by atoms with Crippen LogP contribution in [0.1, 0.15) is 76.6 Å². The number of carboxylic acids is 1. The van der Waals surface area contributed by atoms with Crippen LogP contribution in [-0.4, -0.2) is 96.4 Å². The molecular formula is C32H49N5O8S. The van der Waals surface area contributed by atoms with Gasteiger partial charge < -0.3 is 41.2 Å². The fourth-order valence-electron chi connectivity index (χ4n) is 5.20. The van der Waals surface area contributed by atoms with Crippen LogP contribution < -0.4 is 31.3 Å². The summed E-state index contributed by atoms with van der Waals surface area (Å²) < 4.78 is 11.2. The molecule has 0 radical (unpaired) electrons. The van der Waals surface area contributed by atoms with Crippen molar-refractivity contribution in [2.75, 3.05) is 38.6 Å². The van der Waals surface area contributed by atoms with Gasteiger partial charge in [-0.25, -0.2) is 9.59 Å². The molecule has 2 heterocycles. The smallest absolute Gasteiger partial charge is 0.341 e. The molecule has 0 bridgehead atoms. The molecule has 0 saturated carbocycles. The predicted molar refractivity (Wildman–Crippen MR) is 175 cm³/mol. The number of carboxylic acid groups (broad SMARTS) is 1. The van der Waals surface area contributed by atoms with E-state index in [1.54, 1.807) is 18.2 Å². The highest BCUT2D eigenvalue weighted by Crippen LogP contribution is 2.33. The molecule has 1 aromatic carbocycles. The molecule has 1 aromatic rings. The minimum atomic E-state index is -1.11. The molecule has 0 unspecified atom stereocenters. The fourth-order valence-corrected chi connectivity index (χ4v) is 6.74. The number of rotatable bonds is 20. The van der Waals surface area contributed by atoms with Crippen molar-refractivity contribution in [2.24, 2.45) is 5.41 Å². The van der Waals surface area contributed by atoms with Crippen LogP contribution >= 0.6 is 11.8 Å². The zero-order valence-electron chi connectivity index (χ0n) is 27.2. The Labute approximate surface area is 275 Å². The Morgan fingerprint density at radius 2 is 1.76 bits per heavy atom. The maximum absolute atomic E-state index is 12.8. The number of benzene rings is 1. The van der Waals surface area contributed by atoms with Crippen LogP contribution in [0, 0.1) is 5.41 Å². The number of amides is 5. The van der Waals surface area contributed by atoms with E-state index in [1.165, 1.54) is 6.07 Å². The fraction of sp³-hybridized carbons (Fsp3) is 0.656. The molecule has 0 aromatic heterocycles. The summed E-state index contributed by atoms with van der Waals surface area (Å²) >= 11 is 1.88. The van der Waals surface area contributed by atoms with Crippen LogP contribution in [0.25, 0.3) is 0 Å². The molecule has 2 fully saturated rings. The first-order chi connectivity index (χ1) is 21.8. The average molecular weight is 664 g/mol. The largest absolute Gasteiger partial charge is 0.482 e. The van der Waals surface area contributed by atoms with E-state index in [9.17, 15) is 24.0 Å². The topological polar surface area (TPSA) is 184 Å². The van der Waals surface area contributed by atoms with E-state index >= 15 is 0 Å². The number of carbonyl (C=O) groups excluding carboxylic acids is 4. The lowest BCUT2D eigenvalue weighted by Crippen LogP contribution is -2.42. The van der Waals surface area contributed by atoms with Gasteiger partial charge in [0.1, 0.15) is 5.75 Å². The van der Waals surface area contributed by atoms with E-state index in [0.29, 0.717) is 43.2 Å². The first kappa shape index (κ1) is 36.9. The van der Waals surface area contributed by atoms with Crippen LogP contribution in [0.5, 0.6) is 5.75 Å². The van der Waals surface area contributed by atoms with Crippen molar-refractivity contribution in [3.63, 3.8) is 0 Å². The molecule has 6 N–H and O–H groups in total. The number of hydrogen-bond donors (Lipinski definition) is 6. The summed E-state index contributed by atoms with van der Waals surface area (Å²) in [6.07, 6.45) is 4.33. The molecule has 0 aliphatic carbocycles. The van der Waals surface area contributed by atoms with E-state index < -0.39 is 23.6 Å². The second kappa shape index (κ2) is 17.4. The molecule has 256 valence electrons. The molecule has 5 amide bonds. The summed E-state index contributed by atoms with van der Waals surface area (Å²) in [6.45, 7) is 8.43. The monoisotopic (exact) mass is 663 g/mol. The molecular weight excluding hydrogens is 614 g/mol. The van der Waals surface area contributed by atoms with E-state index in [0.717, 1.165) is 25.0 Å². The van der Waals surface area contributed by atoms with Gasteiger partial charge in [0, 0.05) is 54.6 Å². The van der Waals surface area contributed by atoms with Crippen LogP contribution in [0.4, 0.5) is 4.79 Å². The Morgan fingerprint density at radius 1 is 1.00 bits per heavy atom. The van der Waals surface area contributed by atoms with Gasteiger partial charge in [-0.05, 0) is 57.7 Å². The number of thioether (sulfide) groups is 1. The Kier molecular flexibility index (Phi) is 14.0. The van der Waals surface area contributed by atoms with Gasteiger partial charge >= 0.3 is 12.0 Å². The third-order valence-electron chi connectivity index (χ3n) is 8.12. The van der Waals surface area contributed by atoms with Gasteiger partial charge in [0.15, 0.2) is 6.61 Å². The summed E-state index contributed by atoms with van der Waals surface area (Å²) in [4.78, 5) is 59.7. The third-order valence-corrected chi connectivity index (χ3v) is 9.63.